The second-order valence-corrected chi connectivity index (χ2v) is 4.87. The van der Waals surface area contributed by atoms with E-state index in [4.69, 9.17) is 4.74 Å². The number of hydrogen-bond donors (Lipinski definition) is 1. The van der Waals surface area contributed by atoms with E-state index in [1.807, 2.05) is 0 Å². The molecule has 1 atom stereocenters. The number of nitrogens with zero attached hydrogens (tertiary/aromatic N) is 2. The van der Waals surface area contributed by atoms with Crippen molar-refractivity contribution in [3.63, 3.8) is 0 Å². The Kier molecular flexibility index (Phi) is 4.44. The van der Waals surface area contributed by atoms with E-state index in [1.54, 1.807) is 6.92 Å². The second-order valence-electron chi connectivity index (χ2n) is 4.08. The number of aromatic nitrogens is 2. The molecule has 0 amide bonds. The molecule has 0 radical (unpaired) electrons. The van der Waals surface area contributed by atoms with E-state index in [9.17, 15) is 4.79 Å². The predicted molar refractivity (Wildman–Crippen MR) is 65.3 cm³/mol. The largest absolute Gasteiger partial charge is 0.461 e. The molecule has 2 heterocycles. The van der Waals surface area contributed by atoms with E-state index in [2.05, 4.69) is 14.9 Å². The van der Waals surface area contributed by atoms with Gasteiger partial charge in [-0.25, -0.2) is 4.79 Å². The third-order valence-electron chi connectivity index (χ3n) is 2.93. The molecule has 1 aromatic heterocycles. The Morgan fingerprint density at radius 1 is 1.53 bits per heavy atom. The summed E-state index contributed by atoms with van der Waals surface area (Å²) in [5, 5.41) is 7.27. The number of esters is 1. The normalized spacial score (nSPS) is 20.9. The summed E-state index contributed by atoms with van der Waals surface area (Å²) >= 11 is 1.33. The van der Waals surface area contributed by atoms with Gasteiger partial charge in [0, 0.05) is 0 Å². The van der Waals surface area contributed by atoms with Crippen molar-refractivity contribution in [3.05, 3.63) is 10.6 Å². The average molecular weight is 255 g/mol. The monoisotopic (exact) mass is 255 g/mol. The van der Waals surface area contributed by atoms with E-state index in [0.29, 0.717) is 18.2 Å². The molecule has 1 aliphatic rings. The van der Waals surface area contributed by atoms with Crippen molar-refractivity contribution in [1.82, 2.24) is 14.9 Å². The molecule has 17 heavy (non-hydrogen) atoms. The summed E-state index contributed by atoms with van der Waals surface area (Å²) in [6, 6.07) is 0. The summed E-state index contributed by atoms with van der Waals surface area (Å²) in [5.74, 6) is 0.0536. The first-order valence-electron chi connectivity index (χ1n) is 6.03. The van der Waals surface area contributed by atoms with Crippen molar-refractivity contribution in [3.8, 4) is 0 Å². The molecular weight excluding hydrogens is 238 g/mol. The van der Waals surface area contributed by atoms with E-state index in [1.165, 1.54) is 11.5 Å². The van der Waals surface area contributed by atoms with Crippen molar-refractivity contribution in [1.29, 1.82) is 0 Å². The number of ether oxygens (including phenoxy) is 1. The molecule has 0 bridgehead atoms. The van der Waals surface area contributed by atoms with Crippen LogP contribution in [0.3, 0.4) is 0 Å². The second kappa shape index (κ2) is 6.07. The minimum absolute atomic E-state index is 0.339. The zero-order valence-electron chi connectivity index (χ0n) is 9.94. The maximum atomic E-state index is 11.7. The third kappa shape index (κ3) is 3.01. The van der Waals surface area contributed by atoms with Gasteiger partial charge in [0.1, 0.15) is 0 Å². The molecule has 1 saturated heterocycles. The standard InChI is InChI=1S/C11H17N3O2S/c1-2-16-11(15)9-10(17-14-13-9)8-4-3-6-12-7-5-8/h8,12H,2-7H2,1H3. The van der Waals surface area contributed by atoms with Crippen LogP contribution in [0.4, 0.5) is 0 Å². The van der Waals surface area contributed by atoms with E-state index in [0.717, 1.165) is 37.2 Å². The molecule has 2 rings (SSSR count). The van der Waals surface area contributed by atoms with Gasteiger partial charge in [0.2, 0.25) is 0 Å². The van der Waals surface area contributed by atoms with Crippen LogP contribution in [0.5, 0.6) is 0 Å². The quantitative estimate of drug-likeness (QED) is 0.831. The first-order valence-corrected chi connectivity index (χ1v) is 6.80. The van der Waals surface area contributed by atoms with Crippen LogP contribution in [-0.2, 0) is 4.74 Å². The molecular formula is C11H17N3O2S. The molecule has 0 spiro atoms. The van der Waals surface area contributed by atoms with Gasteiger partial charge in [-0.3, -0.25) is 0 Å². The average Bonchev–Trinajstić information content (AvgIpc) is 2.65. The highest BCUT2D eigenvalue weighted by Crippen LogP contribution is 2.30. The number of carbonyl (C=O) groups is 1. The maximum Gasteiger partial charge on any atom is 0.360 e. The highest BCUT2D eigenvalue weighted by Gasteiger charge is 2.25. The molecule has 1 N–H and O–H groups in total. The number of nitrogens with one attached hydrogen (secondary N) is 1. The highest BCUT2D eigenvalue weighted by molar-refractivity contribution is 7.05. The van der Waals surface area contributed by atoms with Gasteiger partial charge in [0.15, 0.2) is 5.69 Å². The number of rotatable bonds is 3. The summed E-state index contributed by atoms with van der Waals surface area (Å²) in [7, 11) is 0. The van der Waals surface area contributed by atoms with Crippen molar-refractivity contribution in [2.45, 2.75) is 32.1 Å². The lowest BCUT2D eigenvalue weighted by molar-refractivity contribution is 0.0517. The van der Waals surface area contributed by atoms with Crippen LogP contribution in [0, 0.1) is 0 Å². The molecule has 1 fully saturated rings. The van der Waals surface area contributed by atoms with E-state index < -0.39 is 0 Å². The zero-order valence-corrected chi connectivity index (χ0v) is 10.8. The summed E-state index contributed by atoms with van der Waals surface area (Å²) in [4.78, 5) is 12.7. The van der Waals surface area contributed by atoms with Gasteiger partial charge in [-0.15, -0.1) is 5.10 Å². The SMILES string of the molecule is CCOC(=O)c1nnsc1C1CCCNCC1. The van der Waals surface area contributed by atoms with Crippen molar-refractivity contribution in [2.24, 2.45) is 0 Å². The lowest BCUT2D eigenvalue weighted by Gasteiger charge is -2.11. The summed E-state index contributed by atoms with van der Waals surface area (Å²) in [5.41, 5.74) is 0.420. The topological polar surface area (TPSA) is 64.1 Å². The van der Waals surface area contributed by atoms with E-state index in [-0.39, 0.29) is 5.97 Å². The van der Waals surface area contributed by atoms with Gasteiger partial charge in [-0.05, 0) is 56.7 Å². The predicted octanol–water partition coefficient (Wildman–Crippen LogP) is 1.57. The smallest absolute Gasteiger partial charge is 0.360 e. The van der Waals surface area contributed by atoms with Crippen LogP contribution >= 0.6 is 11.5 Å². The van der Waals surface area contributed by atoms with Crippen LogP contribution in [0.25, 0.3) is 0 Å². The van der Waals surface area contributed by atoms with Crippen LogP contribution in [-0.4, -0.2) is 35.3 Å². The first kappa shape index (κ1) is 12.4. The number of hydrogen-bond acceptors (Lipinski definition) is 6. The van der Waals surface area contributed by atoms with Crippen molar-refractivity contribution in [2.75, 3.05) is 19.7 Å². The number of carbonyl (C=O) groups excluding carboxylic acids is 1. The molecule has 94 valence electrons. The Morgan fingerprint density at radius 3 is 3.24 bits per heavy atom. The zero-order chi connectivity index (χ0) is 12.1. The van der Waals surface area contributed by atoms with Crippen LogP contribution < -0.4 is 5.32 Å². The summed E-state index contributed by atoms with van der Waals surface area (Å²) in [6.45, 7) is 4.22. The lowest BCUT2D eigenvalue weighted by Crippen LogP contribution is -2.14. The van der Waals surface area contributed by atoms with E-state index >= 15 is 0 Å². The Balaban J connectivity index is 2.14. The maximum absolute atomic E-state index is 11.7. The molecule has 0 aliphatic carbocycles. The van der Waals surface area contributed by atoms with Crippen molar-refractivity contribution < 1.29 is 9.53 Å². The Morgan fingerprint density at radius 2 is 2.41 bits per heavy atom. The Labute approximate surface area is 105 Å². The molecule has 6 heteroatoms. The van der Waals surface area contributed by atoms with Gasteiger partial charge < -0.3 is 10.1 Å². The molecule has 1 aromatic rings. The molecule has 0 saturated carbocycles. The summed E-state index contributed by atoms with van der Waals surface area (Å²) < 4.78 is 8.90. The highest BCUT2D eigenvalue weighted by atomic mass is 32.1. The van der Waals surface area contributed by atoms with Gasteiger partial charge in [-0.1, -0.05) is 4.49 Å². The fourth-order valence-electron chi connectivity index (χ4n) is 2.09. The summed E-state index contributed by atoms with van der Waals surface area (Å²) in [6.07, 6.45) is 3.25. The Hall–Kier alpha value is -1.01. The van der Waals surface area contributed by atoms with Crippen molar-refractivity contribution >= 4 is 17.5 Å². The fraction of sp³-hybridized carbons (Fsp3) is 0.727. The Bertz CT molecular complexity index is 373. The third-order valence-corrected chi connectivity index (χ3v) is 3.82. The minimum Gasteiger partial charge on any atom is -0.461 e. The first-order chi connectivity index (χ1) is 8.33. The van der Waals surface area contributed by atoms with Gasteiger partial charge in [0.05, 0.1) is 11.5 Å². The minimum atomic E-state index is -0.339. The lowest BCUT2D eigenvalue weighted by atomic mass is 9.97. The molecule has 1 unspecified atom stereocenters. The van der Waals surface area contributed by atoms with Crippen LogP contribution in [0.2, 0.25) is 0 Å². The van der Waals surface area contributed by atoms with Gasteiger partial charge in [0.25, 0.3) is 0 Å². The molecule has 1 aliphatic heterocycles. The van der Waals surface area contributed by atoms with Gasteiger partial charge >= 0.3 is 5.97 Å². The molecule has 0 aromatic carbocycles. The van der Waals surface area contributed by atoms with Crippen LogP contribution in [0.15, 0.2) is 0 Å². The van der Waals surface area contributed by atoms with Gasteiger partial charge in [-0.2, -0.15) is 0 Å². The fourth-order valence-corrected chi connectivity index (χ4v) is 2.89. The van der Waals surface area contributed by atoms with Crippen LogP contribution in [0.1, 0.15) is 47.5 Å². The molecule has 5 nitrogen and oxygen atoms in total.